The van der Waals surface area contributed by atoms with Crippen molar-refractivity contribution < 1.29 is 37.4 Å². The van der Waals surface area contributed by atoms with E-state index in [0.29, 0.717) is 43.5 Å². The van der Waals surface area contributed by atoms with E-state index in [2.05, 4.69) is 10.0 Å². The highest BCUT2D eigenvalue weighted by atomic mass is 32.2. The molecule has 0 aliphatic heterocycles. The Hall–Kier alpha value is -4.10. The molecule has 0 bridgehead atoms. The number of amides is 2. The molecule has 272 valence electrons. The molecule has 1 heterocycles. The molecule has 2 aliphatic carbocycles. The molecule has 0 unspecified atom stereocenters. The zero-order valence-electron chi connectivity index (χ0n) is 29.7. The summed E-state index contributed by atoms with van der Waals surface area (Å²) in [5.74, 6) is -0.648. The van der Waals surface area contributed by atoms with E-state index >= 15 is 0 Å². The van der Waals surface area contributed by atoms with Gasteiger partial charge in [0.15, 0.2) is 0 Å². The number of alkyl carbamates (subject to hydrolysis) is 1. The number of hydrogen-bond donors (Lipinski definition) is 3. The predicted molar refractivity (Wildman–Crippen MR) is 192 cm³/mol. The first-order valence-electron chi connectivity index (χ1n) is 17.4. The number of carboxylic acid groups (broad SMARTS) is 1. The van der Waals surface area contributed by atoms with Crippen molar-refractivity contribution in [3.8, 4) is 17.0 Å². The number of nitrogens with one attached hydrogen (secondary N) is 2. The van der Waals surface area contributed by atoms with E-state index in [1.54, 1.807) is 40.0 Å². The lowest BCUT2D eigenvalue weighted by Gasteiger charge is -2.24. The quantitative estimate of drug-likeness (QED) is 0.162. The van der Waals surface area contributed by atoms with Gasteiger partial charge in [0.05, 0.1) is 18.2 Å². The van der Waals surface area contributed by atoms with Crippen LogP contribution in [0.15, 0.2) is 42.5 Å². The fourth-order valence-corrected chi connectivity index (χ4v) is 7.66. The highest BCUT2D eigenvalue weighted by Gasteiger charge is 2.51. The summed E-state index contributed by atoms with van der Waals surface area (Å²) in [4.78, 5) is 37.8. The normalized spacial score (nSPS) is 16.3. The first-order chi connectivity index (χ1) is 23.6. The third kappa shape index (κ3) is 8.60. The predicted octanol–water partition coefficient (Wildman–Crippen LogP) is 6.44. The van der Waals surface area contributed by atoms with Gasteiger partial charge in [-0.3, -0.25) is 9.59 Å². The van der Waals surface area contributed by atoms with Gasteiger partial charge in [-0.1, -0.05) is 25.3 Å². The Bertz CT molecular complexity index is 1820. The summed E-state index contributed by atoms with van der Waals surface area (Å²) < 4.78 is 42.3. The highest BCUT2D eigenvalue weighted by Crippen LogP contribution is 2.51. The molecule has 2 fully saturated rings. The van der Waals surface area contributed by atoms with Gasteiger partial charge < -0.3 is 24.5 Å². The highest BCUT2D eigenvalue weighted by molar-refractivity contribution is 7.87. The number of hydrogen-bond acceptors (Lipinski definition) is 7. The number of carbonyl (C=O) groups is 3. The van der Waals surface area contributed by atoms with Gasteiger partial charge in [0, 0.05) is 43.1 Å². The van der Waals surface area contributed by atoms with Gasteiger partial charge in [-0.05, 0) is 113 Å². The summed E-state index contributed by atoms with van der Waals surface area (Å²) in [6.07, 6.45) is 6.94. The molecule has 13 heteroatoms. The molecule has 2 saturated carbocycles. The number of carbonyl (C=O) groups excluding carboxylic acids is 2. The van der Waals surface area contributed by atoms with E-state index in [0.717, 1.165) is 52.2 Å². The van der Waals surface area contributed by atoms with E-state index in [-0.39, 0.29) is 24.6 Å². The van der Waals surface area contributed by atoms with Gasteiger partial charge in [-0.25, -0.2) is 9.52 Å². The minimum absolute atomic E-state index is 0.133. The molecule has 2 aromatic carbocycles. The fraction of sp³-hybridized carbons (Fsp3) is 0.541. The monoisotopic (exact) mass is 710 g/mol. The Morgan fingerprint density at radius 2 is 1.70 bits per heavy atom. The molecule has 12 nitrogen and oxygen atoms in total. The number of aliphatic carboxylic acids is 1. The lowest BCUT2D eigenvalue weighted by molar-refractivity contribution is -0.143. The summed E-state index contributed by atoms with van der Waals surface area (Å²) in [5.41, 5.74) is 2.37. The molecule has 3 aromatic rings. The Balaban J connectivity index is 1.42. The molecule has 0 spiro atoms. The Morgan fingerprint density at radius 1 is 1.02 bits per heavy atom. The topological polar surface area (TPSA) is 156 Å². The number of unbranched alkanes of at least 4 members (excludes halogenated alkanes) is 1. The maximum atomic E-state index is 13.5. The van der Waals surface area contributed by atoms with Crippen LogP contribution in [-0.4, -0.2) is 73.2 Å². The lowest BCUT2D eigenvalue weighted by Crippen LogP contribution is -2.42. The number of benzene rings is 2. The Labute approximate surface area is 294 Å². The van der Waals surface area contributed by atoms with Crippen LogP contribution < -0.4 is 14.8 Å². The molecular weight excluding hydrogens is 660 g/mol. The van der Waals surface area contributed by atoms with Crippen LogP contribution in [0.25, 0.3) is 22.2 Å². The van der Waals surface area contributed by atoms with E-state index in [1.807, 2.05) is 34.9 Å². The largest absolute Gasteiger partial charge is 0.497 e. The van der Waals surface area contributed by atoms with E-state index in [9.17, 15) is 27.9 Å². The van der Waals surface area contributed by atoms with Crippen molar-refractivity contribution in [1.29, 1.82) is 0 Å². The average molecular weight is 711 g/mol. The molecule has 0 saturated heterocycles. The molecule has 5 rings (SSSR count). The number of ether oxygens (including phenoxy) is 2. The van der Waals surface area contributed by atoms with Crippen molar-refractivity contribution in [3.05, 3.63) is 53.6 Å². The van der Waals surface area contributed by atoms with Crippen molar-refractivity contribution in [3.63, 3.8) is 0 Å². The second kappa shape index (κ2) is 15.0. The Kier molecular flexibility index (Phi) is 11.2. The number of fused-ring (bicyclic) bond motifs is 1. The second-order valence-electron chi connectivity index (χ2n) is 14.6. The van der Waals surface area contributed by atoms with Crippen molar-refractivity contribution >= 4 is 39.1 Å². The van der Waals surface area contributed by atoms with Crippen LogP contribution in [-0.2, 0) is 26.3 Å². The van der Waals surface area contributed by atoms with Gasteiger partial charge in [-0.2, -0.15) is 12.7 Å². The Morgan fingerprint density at radius 3 is 2.30 bits per heavy atom. The molecule has 50 heavy (non-hydrogen) atoms. The number of rotatable bonds is 14. The summed E-state index contributed by atoms with van der Waals surface area (Å²) in [7, 11) is -1.17. The number of carboxylic acids is 1. The zero-order chi connectivity index (χ0) is 36.3. The van der Waals surface area contributed by atoms with E-state index in [4.69, 9.17) is 9.47 Å². The summed E-state index contributed by atoms with van der Waals surface area (Å²) in [6.45, 7) is 6.00. The SMILES string of the molecule is COc1ccc(-c2c(C3CCCCC3)c3ccc(C(=O)NS(=O)(=O)N(C)CCCCNC(=O)OC(C)(C)C)cc3n2CC2(C(=O)O)CC2)cc1. The van der Waals surface area contributed by atoms with Crippen LogP contribution in [0.2, 0.25) is 0 Å². The van der Waals surface area contributed by atoms with Crippen LogP contribution in [0.1, 0.15) is 100 Å². The van der Waals surface area contributed by atoms with Crippen molar-refractivity contribution in [2.75, 3.05) is 27.2 Å². The molecule has 1 aromatic heterocycles. The van der Waals surface area contributed by atoms with Crippen molar-refractivity contribution in [2.45, 2.75) is 96.6 Å². The fourth-order valence-electron chi connectivity index (χ4n) is 6.78. The van der Waals surface area contributed by atoms with Gasteiger partial charge in [0.25, 0.3) is 5.91 Å². The minimum Gasteiger partial charge on any atom is -0.497 e. The maximum absolute atomic E-state index is 13.5. The van der Waals surface area contributed by atoms with Gasteiger partial charge >= 0.3 is 22.3 Å². The average Bonchev–Trinajstić information content (AvgIpc) is 3.79. The number of aromatic nitrogens is 1. The van der Waals surface area contributed by atoms with Gasteiger partial charge in [0.2, 0.25) is 0 Å². The third-order valence-corrected chi connectivity index (χ3v) is 11.2. The van der Waals surface area contributed by atoms with Crippen LogP contribution in [0.5, 0.6) is 5.75 Å². The molecular formula is C37H50N4O8S. The molecule has 2 aliphatic rings. The standard InChI is InChI=1S/C37H50N4O8S/c1-36(2,3)49-35(45)38-21-9-10-22-40(4)50(46,47)39-33(42)27-15-18-29-30(23-27)41(24-37(19-20-37)34(43)44)32(26-13-16-28(48-5)17-14-26)31(29)25-11-7-6-8-12-25/h13-18,23,25H,6-12,19-22,24H2,1-5H3,(H,38,45)(H,39,42)(H,43,44). The van der Waals surface area contributed by atoms with Gasteiger partial charge in [0.1, 0.15) is 11.4 Å². The first-order valence-corrected chi connectivity index (χ1v) is 18.9. The number of methoxy groups -OCH3 is 1. The molecule has 0 radical (unpaired) electrons. The summed E-state index contributed by atoms with van der Waals surface area (Å²) >= 11 is 0. The smallest absolute Gasteiger partial charge is 0.407 e. The van der Waals surface area contributed by atoms with Crippen LogP contribution in [0.3, 0.4) is 0 Å². The third-order valence-electron chi connectivity index (χ3n) is 9.71. The van der Waals surface area contributed by atoms with E-state index in [1.165, 1.54) is 13.5 Å². The molecule has 0 atom stereocenters. The van der Waals surface area contributed by atoms with Crippen LogP contribution in [0.4, 0.5) is 4.79 Å². The van der Waals surface area contributed by atoms with Crippen molar-refractivity contribution in [1.82, 2.24) is 18.9 Å². The zero-order valence-corrected chi connectivity index (χ0v) is 30.5. The lowest BCUT2D eigenvalue weighted by atomic mass is 9.81. The summed E-state index contributed by atoms with van der Waals surface area (Å²) in [6, 6.07) is 13.0. The van der Waals surface area contributed by atoms with Crippen LogP contribution >= 0.6 is 0 Å². The number of nitrogens with zero attached hydrogens (tertiary/aromatic N) is 2. The minimum atomic E-state index is -4.17. The first kappa shape index (κ1) is 37.2. The summed E-state index contributed by atoms with van der Waals surface area (Å²) in [5, 5.41) is 13.8. The second-order valence-corrected chi connectivity index (χ2v) is 16.4. The van der Waals surface area contributed by atoms with Gasteiger partial charge in [-0.15, -0.1) is 0 Å². The molecule has 2 amide bonds. The van der Waals surface area contributed by atoms with Crippen LogP contribution in [0, 0.1) is 5.41 Å². The molecule has 3 N–H and O–H groups in total. The van der Waals surface area contributed by atoms with E-state index < -0.39 is 39.2 Å². The maximum Gasteiger partial charge on any atom is 0.407 e. The van der Waals surface area contributed by atoms with Crippen molar-refractivity contribution in [2.24, 2.45) is 5.41 Å².